The fourth-order valence-electron chi connectivity index (χ4n) is 2.19. The summed E-state index contributed by atoms with van der Waals surface area (Å²) in [5, 5.41) is 9.37. The highest BCUT2D eigenvalue weighted by molar-refractivity contribution is 5.79. The second-order valence-corrected chi connectivity index (χ2v) is 4.40. The van der Waals surface area contributed by atoms with Crippen molar-refractivity contribution >= 4 is 5.78 Å². The number of hydrogen-bond donors (Lipinski definition) is 0. The summed E-state index contributed by atoms with van der Waals surface area (Å²) in [6.07, 6.45) is 2.23. The standard InChI is InChI=1S/C13H14N2O/c1-10-3-2-4-12(15-10)13(9-14)7-5-11(16)6-8-13/h2-4H,5-8H2,1H3. The van der Waals surface area contributed by atoms with Gasteiger partial charge in [-0.2, -0.15) is 5.26 Å². The van der Waals surface area contributed by atoms with E-state index < -0.39 is 5.41 Å². The van der Waals surface area contributed by atoms with Gasteiger partial charge in [0, 0.05) is 18.5 Å². The summed E-state index contributed by atoms with van der Waals surface area (Å²) >= 11 is 0. The Morgan fingerprint density at radius 2 is 2.06 bits per heavy atom. The van der Waals surface area contributed by atoms with E-state index in [4.69, 9.17) is 0 Å². The van der Waals surface area contributed by atoms with Gasteiger partial charge in [0.05, 0.1) is 11.8 Å². The minimum absolute atomic E-state index is 0.263. The van der Waals surface area contributed by atoms with E-state index in [1.165, 1.54) is 0 Å². The average molecular weight is 214 g/mol. The number of carbonyl (C=O) groups is 1. The molecule has 82 valence electrons. The Hall–Kier alpha value is -1.69. The van der Waals surface area contributed by atoms with Gasteiger partial charge in [0.2, 0.25) is 0 Å². The molecule has 0 saturated heterocycles. The maximum atomic E-state index is 11.2. The predicted molar refractivity (Wildman–Crippen MR) is 59.7 cm³/mol. The molecule has 16 heavy (non-hydrogen) atoms. The summed E-state index contributed by atoms with van der Waals surface area (Å²) < 4.78 is 0. The maximum Gasteiger partial charge on any atom is 0.133 e. The Morgan fingerprint density at radius 1 is 1.38 bits per heavy atom. The molecule has 1 heterocycles. The zero-order valence-corrected chi connectivity index (χ0v) is 9.36. The van der Waals surface area contributed by atoms with Crippen LogP contribution in [0.15, 0.2) is 18.2 Å². The second kappa shape index (κ2) is 4.05. The Labute approximate surface area is 95.1 Å². The van der Waals surface area contributed by atoms with E-state index in [1.807, 2.05) is 25.1 Å². The maximum absolute atomic E-state index is 11.2. The van der Waals surface area contributed by atoms with Gasteiger partial charge < -0.3 is 0 Å². The molecule has 0 amide bonds. The first kappa shape index (κ1) is 10.8. The van der Waals surface area contributed by atoms with Gasteiger partial charge in [-0.15, -0.1) is 0 Å². The highest BCUT2D eigenvalue weighted by Gasteiger charge is 2.37. The molecule has 0 aromatic carbocycles. The molecule has 3 heteroatoms. The largest absolute Gasteiger partial charge is 0.300 e. The van der Waals surface area contributed by atoms with Crippen molar-refractivity contribution in [3.63, 3.8) is 0 Å². The molecule has 0 bridgehead atoms. The molecule has 0 radical (unpaired) electrons. The molecule has 1 aromatic rings. The second-order valence-electron chi connectivity index (χ2n) is 4.40. The third-order valence-corrected chi connectivity index (χ3v) is 3.25. The predicted octanol–water partition coefficient (Wildman–Crippen LogP) is 2.29. The molecular weight excluding hydrogens is 200 g/mol. The smallest absolute Gasteiger partial charge is 0.133 e. The van der Waals surface area contributed by atoms with Gasteiger partial charge in [-0.3, -0.25) is 9.78 Å². The molecule has 0 spiro atoms. The van der Waals surface area contributed by atoms with Gasteiger partial charge in [-0.05, 0) is 31.9 Å². The lowest BCUT2D eigenvalue weighted by Gasteiger charge is -2.29. The van der Waals surface area contributed by atoms with Crippen LogP contribution < -0.4 is 0 Å². The van der Waals surface area contributed by atoms with E-state index in [0.717, 1.165) is 11.4 Å². The van der Waals surface area contributed by atoms with E-state index in [0.29, 0.717) is 25.7 Å². The summed E-state index contributed by atoms with van der Waals surface area (Å²) in [4.78, 5) is 15.7. The summed E-state index contributed by atoms with van der Waals surface area (Å²) in [6, 6.07) is 8.10. The van der Waals surface area contributed by atoms with Crippen LogP contribution in [0.3, 0.4) is 0 Å². The number of ketones is 1. The number of carbonyl (C=O) groups excluding carboxylic acids is 1. The Balaban J connectivity index is 2.36. The van der Waals surface area contributed by atoms with Crippen molar-refractivity contribution in [1.82, 2.24) is 4.98 Å². The van der Waals surface area contributed by atoms with Crippen molar-refractivity contribution in [1.29, 1.82) is 5.26 Å². The summed E-state index contributed by atoms with van der Waals surface area (Å²) in [6.45, 7) is 1.92. The normalized spacial score (nSPS) is 19.1. The molecule has 3 nitrogen and oxygen atoms in total. The highest BCUT2D eigenvalue weighted by Crippen LogP contribution is 2.36. The Morgan fingerprint density at radius 3 is 2.62 bits per heavy atom. The minimum atomic E-state index is -0.542. The molecule has 1 aliphatic carbocycles. The number of hydrogen-bond acceptors (Lipinski definition) is 3. The van der Waals surface area contributed by atoms with E-state index in [9.17, 15) is 10.1 Å². The summed E-state index contributed by atoms with van der Waals surface area (Å²) in [7, 11) is 0. The van der Waals surface area contributed by atoms with Crippen molar-refractivity contribution < 1.29 is 4.79 Å². The van der Waals surface area contributed by atoms with Gasteiger partial charge in [-0.25, -0.2) is 0 Å². The van der Waals surface area contributed by atoms with E-state index in [2.05, 4.69) is 11.1 Å². The van der Waals surface area contributed by atoms with Gasteiger partial charge in [0.1, 0.15) is 11.2 Å². The minimum Gasteiger partial charge on any atom is -0.300 e. The zero-order valence-electron chi connectivity index (χ0n) is 9.36. The summed E-state index contributed by atoms with van der Waals surface area (Å²) in [5.74, 6) is 0.263. The molecule has 1 aromatic heterocycles. The fourth-order valence-corrected chi connectivity index (χ4v) is 2.19. The van der Waals surface area contributed by atoms with Crippen molar-refractivity contribution in [3.8, 4) is 6.07 Å². The number of rotatable bonds is 1. The number of Topliss-reactive ketones (excluding diaryl/α,β-unsaturated/α-hetero) is 1. The molecule has 0 unspecified atom stereocenters. The van der Waals surface area contributed by atoms with Gasteiger partial charge >= 0.3 is 0 Å². The molecule has 0 N–H and O–H groups in total. The lowest BCUT2D eigenvalue weighted by atomic mass is 9.72. The van der Waals surface area contributed by atoms with Crippen LogP contribution in [-0.4, -0.2) is 10.8 Å². The molecule has 0 aliphatic heterocycles. The van der Waals surface area contributed by atoms with E-state index in [-0.39, 0.29) is 5.78 Å². The van der Waals surface area contributed by atoms with Crippen LogP contribution in [0.2, 0.25) is 0 Å². The summed E-state index contributed by atoms with van der Waals surface area (Å²) in [5.41, 5.74) is 1.20. The molecule has 1 saturated carbocycles. The molecule has 1 fully saturated rings. The SMILES string of the molecule is Cc1cccc(C2(C#N)CCC(=O)CC2)n1. The van der Waals surface area contributed by atoms with Gasteiger partial charge in [0.25, 0.3) is 0 Å². The molecule has 0 atom stereocenters. The van der Waals surface area contributed by atoms with Crippen LogP contribution in [0.1, 0.15) is 37.1 Å². The van der Waals surface area contributed by atoms with E-state index >= 15 is 0 Å². The number of nitrogens with zero attached hydrogens (tertiary/aromatic N) is 2. The Bertz CT molecular complexity index is 449. The van der Waals surface area contributed by atoms with Crippen molar-refractivity contribution in [2.45, 2.75) is 38.0 Å². The van der Waals surface area contributed by atoms with Crippen LogP contribution in [0.5, 0.6) is 0 Å². The molecule has 2 rings (SSSR count). The third-order valence-electron chi connectivity index (χ3n) is 3.25. The first-order valence-corrected chi connectivity index (χ1v) is 5.53. The van der Waals surface area contributed by atoms with Gasteiger partial charge in [-0.1, -0.05) is 6.07 Å². The lowest BCUT2D eigenvalue weighted by Crippen LogP contribution is -2.31. The van der Waals surface area contributed by atoms with Gasteiger partial charge in [0.15, 0.2) is 0 Å². The molecule has 1 aliphatic rings. The number of pyridine rings is 1. The molecular formula is C13H14N2O. The van der Waals surface area contributed by atoms with Crippen molar-refractivity contribution in [2.24, 2.45) is 0 Å². The first-order chi connectivity index (χ1) is 7.66. The van der Waals surface area contributed by atoms with Crippen LogP contribution in [0.4, 0.5) is 0 Å². The van der Waals surface area contributed by atoms with Crippen LogP contribution in [0, 0.1) is 18.3 Å². The fraction of sp³-hybridized carbons (Fsp3) is 0.462. The third kappa shape index (κ3) is 1.83. The lowest BCUT2D eigenvalue weighted by molar-refractivity contribution is -0.121. The topological polar surface area (TPSA) is 53.8 Å². The number of nitriles is 1. The zero-order chi connectivity index (χ0) is 11.6. The van der Waals surface area contributed by atoms with E-state index in [1.54, 1.807) is 0 Å². The van der Waals surface area contributed by atoms with Crippen molar-refractivity contribution in [2.75, 3.05) is 0 Å². The van der Waals surface area contributed by atoms with Crippen LogP contribution >= 0.6 is 0 Å². The Kier molecular flexibility index (Phi) is 2.74. The number of aromatic nitrogens is 1. The highest BCUT2D eigenvalue weighted by atomic mass is 16.1. The quantitative estimate of drug-likeness (QED) is 0.720. The average Bonchev–Trinajstić information content (AvgIpc) is 2.31. The van der Waals surface area contributed by atoms with Crippen LogP contribution in [-0.2, 0) is 10.2 Å². The van der Waals surface area contributed by atoms with Crippen molar-refractivity contribution in [3.05, 3.63) is 29.6 Å². The number of aryl methyl sites for hydroxylation is 1. The first-order valence-electron chi connectivity index (χ1n) is 5.53. The monoisotopic (exact) mass is 214 g/mol. The van der Waals surface area contributed by atoms with Crippen LogP contribution in [0.25, 0.3) is 0 Å².